The third-order valence-electron chi connectivity index (χ3n) is 2.30. The lowest BCUT2D eigenvalue weighted by molar-refractivity contribution is 0.243. The highest BCUT2D eigenvalue weighted by atomic mass is 28.2. The Labute approximate surface area is 104 Å². The van der Waals surface area contributed by atoms with Crippen molar-refractivity contribution in [2.45, 2.75) is 13.0 Å². The van der Waals surface area contributed by atoms with Crippen LogP contribution in [0.2, 0.25) is 0 Å². The van der Waals surface area contributed by atoms with Crippen LogP contribution in [0.5, 0.6) is 11.6 Å². The summed E-state index contributed by atoms with van der Waals surface area (Å²) in [5.41, 5.74) is 0.813. The Morgan fingerprint density at radius 2 is 1.82 bits per heavy atom. The summed E-state index contributed by atoms with van der Waals surface area (Å²) in [5.74, 6) is 1.33. The second-order valence-electron chi connectivity index (χ2n) is 3.58. The molecule has 3 radical (unpaired) electrons. The molecular weight excluding hydrogens is 230 g/mol. The van der Waals surface area contributed by atoms with Gasteiger partial charge in [-0.1, -0.05) is 24.3 Å². The number of ether oxygens (including phenoxy) is 1. The zero-order valence-corrected chi connectivity index (χ0v) is 10.5. The van der Waals surface area contributed by atoms with Crippen LogP contribution < -0.4 is 4.74 Å². The summed E-state index contributed by atoms with van der Waals surface area (Å²) in [6.07, 6.45) is -0.119. The highest BCUT2D eigenvalue weighted by molar-refractivity contribution is 5.98. The van der Waals surface area contributed by atoms with Crippen molar-refractivity contribution in [2.24, 2.45) is 0 Å². The van der Waals surface area contributed by atoms with Crippen molar-refractivity contribution in [3.8, 4) is 11.6 Å². The highest BCUT2D eigenvalue weighted by Gasteiger charge is 2.06. The van der Waals surface area contributed by atoms with Crippen molar-refractivity contribution >= 4 is 10.5 Å². The fraction of sp³-hybridized carbons (Fsp3) is 0.154. The minimum atomic E-state index is -0.119. The Hall–Kier alpha value is -1.65. The first-order chi connectivity index (χ1) is 8.29. The normalized spacial score (nSPS) is 12.1. The molecule has 0 aliphatic rings. The largest absolute Gasteiger partial charge is 0.439 e. The second-order valence-corrected chi connectivity index (χ2v) is 3.81. The van der Waals surface area contributed by atoms with Gasteiger partial charge in [0, 0.05) is 6.07 Å². The maximum absolute atomic E-state index is 5.63. The monoisotopic (exact) mass is 242 g/mol. The summed E-state index contributed by atoms with van der Waals surface area (Å²) in [4.78, 5) is 4.36. The number of nitrogens with zero attached hydrogens (tertiary/aromatic N) is 1. The summed E-state index contributed by atoms with van der Waals surface area (Å²) in [5, 5.41) is 0. The highest BCUT2D eigenvalue weighted by Crippen LogP contribution is 2.21. The third-order valence-corrected chi connectivity index (χ3v) is 2.66. The Balaban J connectivity index is 2.17. The molecule has 1 atom stereocenters. The summed E-state index contributed by atoms with van der Waals surface area (Å²) < 4.78 is 10.7. The van der Waals surface area contributed by atoms with Gasteiger partial charge in [0.15, 0.2) is 0 Å². The molecule has 0 saturated heterocycles. The SMILES string of the molecule is CC(O[Si])c1cccc(Oc2ccccc2)n1. The van der Waals surface area contributed by atoms with Gasteiger partial charge in [0.25, 0.3) is 0 Å². The lowest BCUT2D eigenvalue weighted by atomic mass is 10.2. The average Bonchev–Trinajstić information content (AvgIpc) is 2.39. The number of benzene rings is 1. The Morgan fingerprint density at radius 3 is 2.53 bits per heavy atom. The fourth-order valence-electron chi connectivity index (χ4n) is 1.38. The minimum Gasteiger partial charge on any atom is -0.439 e. The van der Waals surface area contributed by atoms with E-state index in [0.29, 0.717) is 5.88 Å². The van der Waals surface area contributed by atoms with Crippen LogP contribution in [-0.4, -0.2) is 15.5 Å². The molecule has 0 saturated carbocycles. The van der Waals surface area contributed by atoms with E-state index in [4.69, 9.17) is 9.16 Å². The van der Waals surface area contributed by atoms with E-state index >= 15 is 0 Å². The molecule has 0 amide bonds. The van der Waals surface area contributed by atoms with Crippen LogP contribution in [0.15, 0.2) is 48.5 Å². The van der Waals surface area contributed by atoms with Gasteiger partial charge in [-0.2, -0.15) is 0 Å². The molecule has 2 aromatic rings. The fourth-order valence-corrected chi connectivity index (χ4v) is 1.50. The van der Waals surface area contributed by atoms with Crippen LogP contribution in [-0.2, 0) is 4.43 Å². The molecule has 0 aliphatic heterocycles. The standard InChI is InChI=1S/C13H12NO2Si/c1-10(16-17)12-8-5-9-13(14-12)15-11-6-3-2-4-7-11/h2-10H,1H3. The lowest BCUT2D eigenvalue weighted by Crippen LogP contribution is -2.00. The Bertz CT molecular complexity index is 476. The van der Waals surface area contributed by atoms with E-state index in [1.807, 2.05) is 55.5 Å². The van der Waals surface area contributed by atoms with E-state index in [9.17, 15) is 0 Å². The molecule has 17 heavy (non-hydrogen) atoms. The predicted octanol–water partition coefficient (Wildman–Crippen LogP) is 3.04. The number of aromatic nitrogens is 1. The molecular formula is C13H12NO2Si. The Kier molecular flexibility index (Phi) is 3.90. The van der Waals surface area contributed by atoms with Crippen LogP contribution in [0.1, 0.15) is 18.7 Å². The number of para-hydroxylation sites is 1. The maximum atomic E-state index is 5.63. The van der Waals surface area contributed by atoms with E-state index in [0.717, 1.165) is 11.4 Å². The molecule has 1 unspecified atom stereocenters. The number of pyridine rings is 1. The van der Waals surface area contributed by atoms with Gasteiger partial charge in [0.1, 0.15) is 5.75 Å². The van der Waals surface area contributed by atoms with Crippen molar-refractivity contribution in [2.75, 3.05) is 0 Å². The van der Waals surface area contributed by atoms with Crippen molar-refractivity contribution in [3.05, 3.63) is 54.2 Å². The van der Waals surface area contributed by atoms with Crippen LogP contribution in [0.4, 0.5) is 0 Å². The average molecular weight is 242 g/mol. The first-order valence-electron chi connectivity index (χ1n) is 5.32. The molecule has 1 heterocycles. The molecule has 0 N–H and O–H groups in total. The molecule has 4 heteroatoms. The molecule has 0 aliphatic carbocycles. The minimum absolute atomic E-state index is 0.119. The van der Waals surface area contributed by atoms with Gasteiger partial charge in [-0.3, -0.25) is 0 Å². The predicted molar refractivity (Wildman–Crippen MR) is 66.0 cm³/mol. The van der Waals surface area contributed by atoms with E-state index < -0.39 is 0 Å². The third kappa shape index (κ3) is 3.15. The summed E-state index contributed by atoms with van der Waals surface area (Å²) in [6, 6.07) is 15.2. The van der Waals surface area contributed by atoms with Gasteiger partial charge in [0.2, 0.25) is 16.4 Å². The first kappa shape index (κ1) is 11.8. The van der Waals surface area contributed by atoms with Gasteiger partial charge in [-0.25, -0.2) is 4.98 Å². The molecule has 3 nitrogen and oxygen atoms in total. The van der Waals surface area contributed by atoms with Gasteiger partial charge < -0.3 is 9.16 Å². The molecule has 1 aromatic heterocycles. The zero-order valence-electron chi connectivity index (χ0n) is 9.46. The van der Waals surface area contributed by atoms with Gasteiger partial charge in [0.05, 0.1) is 11.8 Å². The Morgan fingerprint density at radius 1 is 1.06 bits per heavy atom. The number of rotatable bonds is 4. The molecule has 0 bridgehead atoms. The van der Waals surface area contributed by atoms with Crippen molar-refractivity contribution in [3.63, 3.8) is 0 Å². The van der Waals surface area contributed by atoms with Crippen molar-refractivity contribution in [1.82, 2.24) is 4.98 Å². The summed E-state index contributed by atoms with van der Waals surface area (Å²) in [6.45, 7) is 1.90. The van der Waals surface area contributed by atoms with Crippen molar-refractivity contribution in [1.29, 1.82) is 0 Å². The van der Waals surface area contributed by atoms with E-state index in [-0.39, 0.29) is 6.10 Å². The van der Waals surface area contributed by atoms with E-state index in [1.165, 1.54) is 0 Å². The van der Waals surface area contributed by atoms with Crippen LogP contribution in [0, 0.1) is 0 Å². The maximum Gasteiger partial charge on any atom is 0.247 e. The quantitative estimate of drug-likeness (QED) is 0.772. The molecule has 1 aromatic carbocycles. The second kappa shape index (κ2) is 5.61. The van der Waals surface area contributed by atoms with E-state index in [2.05, 4.69) is 15.5 Å². The topological polar surface area (TPSA) is 31.4 Å². The van der Waals surface area contributed by atoms with Gasteiger partial charge >= 0.3 is 0 Å². The van der Waals surface area contributed by atoms with Crippen molar-refractivity contribution < 1.29 is 9.16 Å². The smallest absolute Gasteiger partial charge is 0.247 e. The van der Waals surface area contributed by atoms with Crippen LogP contribution >= 0.6 is 0 Å². The summed E-state index contributed by atoms with van der Waals surface area (Å²) >= 11 is 0. The zero-order chi connectivity index (χ0) is 12.1. The molecule has 0 fully saturated rings. The number of hydrogen-bond acceptors (Lipinski definition) is 3. The van der Waals surface area contributed by atoms with Gasteiger partial charge in [-0.05, 0) is 25.1 Å². The summed E-state index contributed by atoms with van der Waals surface area (Å²) in [7, 11) is 3.01. The molecule has 0 spiro atoms. The molecule has 85 valence electrons. The van der Waals surface area contributed by atoms with Gasteiger partial charge in [-0.15, -0.1) is 0 Å². The first-order valence-corrected chi connectivity index (χ1v) is 5.72. The molecule has 2 rings (SSSR count). The van der Waals surface area contributed by atoms with E-state index in [1.54, 1.807) is 0 Å². The lowest BCUT2D eigenvalue weighted by Gasteiger charge is -2.10. The van der Waals surface area contributed by atoms with Crippen LogP contribution in [0.25, 0.3) is 0 Å². The van der Waals surface area contributed by atoms with Crippen LogP contribution in [0.3, 0.4) is 0 Å². The number of hydrogen-bond donors (Lipinski definition) is 0.